The van der Waals surface area contributed by atoms with Crippen LogP contribution >= 0.6 is 38.9 Å². The number of sulfonamides is 1. The average molecular weight is 409 g/mol. The molecule has 0 spiro atoms. The first kappa shape index (κ1) is 17.0. The summed E-state index contributed by atoms with van der Waals surface area (Å²) in [4.78, 5) is 0. The molecule has 2 aromatic rings. The second-order valence-electron chi connectivity index (χ2n) is 4.82. The highest BCUT2D eigenvalue weighted by molar-refractivity contribution is 9.11. The summed E-state index contributed by atoms with van der Waals surface area (Å²) in [6, 6.07) is 10.9. The van der Waals surface area contributed by atoms with Gasteiger partial charge in [-0.15, -0.1) is 11.3 Å². The van der Waals surface area contributed by atoms with Gasteiger partial charge in [0, 0.05) is 12.6 Å². The minimum absolute atomic E-state index is 0.144. The van der Waals surface area contributed by atoms with Gasteiger partial charge >= 0.3 is 0 Å². The molecule has 1 aromatic heterocycles. The van der Waals surface area contributed by atoms with Crippen molar-refractivity contribution in [3.05, 3.63) is 50.8 Å². The van der Waals surface area contributed by atoms with E-state index in [1.165, 1.54) is 10.4 Å². The zero-order valence-corrected chi connectivity index (χ0v) is 15.6. The molecule has 0 N–H and O–H groups in total. The lowest BCUT2D eigenvalue weighted by atomic mass is 10.2. The van der Waals surface area contributed by atoms with E-state index in [0.717, 1.165) is 16.9 Å². The minimum atomic E-state index is -3.56. The molecule has 21 heavy (non-hydrogen) atoms. The fourth-order valence-corrected chi connectivity index (χ4v) is 6.03. The molecule has 0 saturated heterocycles. The number of halogens is 2. The fraction of sp³-hybridized carbons (Fsp3) is 0.286. The second kappa shape index (κ2) is 6.79. The van der Waals surface area contributed by atoms with E-state index in [1.807, 2.05) is 44.2 Å². The van der Waals surface area contributed by atoms with Crippen molar-refractivity contribution in [1.82, 2.24) is 4.31 Å². The Bertz CT molecular complexity index is 694. The van der Waals surface area contributed by atoms with Crippen molar-refractivity contribution >= 4 is 48.9 Å². The summed E-state index contributed by atoms with van der Waals surface area (Å²) in [7, 11) is -3.56. The molecule has 1 aromatic carbocycles. The number of hydrogen-bond acceptors (Lipinski definition) is 3. The monoisotopic (exact) mass is 407 g/mol. The molecule has 0 radical (unpaired) electrons. The molecular formula is C14H15BrClNO2S2. The van der Waals surface area contributed by atoms with Gasteiger partial charge in [0.15, 0.2) is 0 Å². The summed E-state index contributed by atoms with van der Waals surface area (Å²) >= 11 is 10.4. The maximum absolute atomic E-state index is 12.8. The second-order valence-corrected chi connectivity index (χ2v) is 9.71. The zero-order valence-electron chi connectivity index (χ0n) is 11.6. The molecule has 114 valence electrons. The first-order chi connectivity index (χ1) is 9.82. The Morgan fingerprint density at radius 1 is 1.29 bits per heavy atom. The molecule has 0 aliphatic heterocycles. The van der Waals surface area contributed by atoms with Crippen LogP contribution in [-0.2, 0) is 16.6 Å². The van der Waals surface area contributed by atoms with Crippen molar-refractivity contribution in [3.63, 3.8) is 0 Å². The van der Waals surface area contributed by atoms with Crippen LogP contribution in [0.3, 0.4) is 0 Å². The van der Waals surface area contributed by atoms with Crippen molar-refractivity contribution in [2.45, 2.75) is 30.6 Å². The predicted octanol–water partition coefficient (Wildman–Crippen LogP) is 4.76. The molecule has 1 heterocycles. The van der Waals surface area contributed by atoms with Gasteiger partial charge in [-0.05, 0) is 41.4 Å². The van der Waals surface area contributed by atoms with Gasteiger partial charge in [-0.25, -0.2) is 8.42 Å². The summed E-state index contributed by atoms with van der Waals surface area (Å²) in [5.74, 6) is 0. The van der Waals surface area contributed by atoms with Crippen molar-refractivity contribution in [3.8, 4) is 0 Å². The Kier molecular flexibility index (Phi) is 5.48. The van der Waals surface area contributed by atoms with Crippen LogP contribution in [0.25, 0.3) is 0 Å². The molecule has 0 saturated carbocycles. The van der Waals surface area contributed by atoms with Crippen molar-refractivity contribution < 1.29 is 8.42 Å². The number of rotatable bonds is 5. The third-order valence-corrected chi connectivity index (χ3v) is 7.89. The summed E-state index contributed by atoms with van der Waals surface area (Å²) in [5, 5.41) is 0.419. The predicted molar refractivity (Wildman–Crippen MR) is 91.3 cm³/mol. The van der Waals surface area contributed by atoms with E-state index in [0.29, 0.717) is 15.4 Å². The Morgan fingerprint density at radius 2 is 1.90 bits per heavy atom. The van der Waals surface area contributed by atoms with Crippen LogP contribution in [0.4, 0.5) is 0 Å². The third-order valence-electron chi connectivity index (χ3n) is 2.94. The highest BCUT2D eigenvalue weighted by atomic mass is 79.9. The first-order valence-electron chi connectivity index (χ1n) is 6.33. The summed E-state index contributed by atoms with van der Waals surface area (Å²) in [5.41, 5.74) is 0.955. The molecule has 3 nitrogen and oxygen atoms in total. The number of thiophene rings is 1. The topological polar surface area (TPSA) is 37.4 Å². The molecule has 2 rings (SSSR count). The van der Waals surface area contributed by atoms with Gasteiger partial charge in [-0.3, -0.25) is 0 Å². The number of hydrogen-bond donors (Lipinski definition) is 0. The van der Waals surface area contributed by atoms with Crippen LogP contribution in [0.2, 0.25) is 5.02 Å². The van der Waals surface area contributed by atoms with E-state index in [9.17, 15) is 8.42 Å². The van der Waals surface area contributed by atoms with Gasteiger partial charge < -0.3 is 0 Å². The van der Waals surface area contributed by atoms with Gasteiger partial charge in [0.05, 0.1) is 8.81 Å². The lowest BCUT2D eigenvalue weighted by Gasteiger charge is -2.25. The van der Waals surface area contributed by atoms with Crippen LogP contribution in [0.15, 0.2) is 44.4 Å². The van der Waals surface area contributed by atoms with Crippen LogP contribution in [0.5, 0.6) is 0 Å². The Hall–Kier alpha value is -0.400. The molecule has 7 heteroatoms. The lowest BCUT2D eigenvalue weighted by molar-refractivity contribution is 0.349. The average Bonchev–Trinajstić information content (AvgIpc) is 2.77. The maximum Gasteiger partial charge on any atom is 0.253 e. The van der Waals surface area contributed by atoms with E-state index >= 15 is 0 Å². The highest BCUT2D eigenvalue weighted by Crippen LogP contribution is 2.36. The SMILES string of the molecule is CC(C)N(Cc1ccccc1)S(=O)(=O)c1cc(Cl)c(Br)s1. The van der Waals surface area contributed by atoms with E-state index < -0.39 is 10.0 Å². The molecular weight excluding hydrogens is 394 g/mol. The summed E-state index contributed by atoms with van der Waals surface area (Å²) in [6.07, 6.45) is 0. The van der Waals surface area contributed by atoms with Gasteiger partial charge in [0.1, 0.15) is 4.21 Å². The standard InChI is InChI=1S/C14H15BrClNO2S2/c1-10(2)17(9-11-6-4-3-5-7-11)21(18,19)13-8-12(16)14(15)20-13/h3-8,10H,9H2,1-2H3. The van der Waals surface area contributed by atoms with Crippen LogP contribution in [0.1, 0.15) is 19.4 Å². The normalized spacial score (nSPS) is 12.3. The molecule has 0 fully saturated rings. The van der Waals surface area contributed by atoms with E-state index in [1.54, 1.807) is 0 Å². The lowest BCUT2D eigenvalue weighted by Crippen LogP contribution is -2.36. The van der Waals surface area contributed by atoms with Gasteiger partial charge in [-0.2, -0.15) is 4.31 Å². The Morgan fingerprint density at radius 3 is 2.38 bits per heavy atom. The maximum atomic E-state index is 12.8. The van der Waals surface area contributed by atoms with Crippen molar-refractivity contribution in [2.75, 3.05) is 0 Å². The fourth-order valence-electron chi connectivity index (χ4n) is 1.88. The van der Waals surface area contributed by atoms with E-state index in [4.69, 9.17) is 11.6 Å². The molecule has 0 unspecified atom stereocenters. The van der Waals surface area contributed by atoms with Gasteiger partial charge in [-0.1, -0.05) is 41.9 Å². The summed E-state index contributed by atoms with van der Waals surface area (Å²) < 4.78 is 28.0. The van der Waals surface area contributed by atoms with Crippen LogP contribution in [-0.4, -0.2) is 18.8 Å². The number of benzene rings is 1. The highest BCUT2D eigenvalue weighted by Gasteiger charge is 2.29. The minimum Gasteiger partial charge on any atom is -0.206 e. The van der Waals surface area contributed by atoms with Gasteiger partial charge in [0.2, 0.25) is 0 Å². The quantitative estimate of drug-likeness (QED) is 0.715. The van der Waals surface area contributed by atoms with E-state index in [2.05, 4.69) is 15.9 Å². The molecule has 0 amide bonds. The van der Waals surface area contributed by atoms with Gasteiger partial charge in [0.25, 0.3) is 10.0 Å². The third kappa shape index (κ3) is 3.87. The zero-order chi connectivity index (χ0) is 15.6. The Balaban J connectivity index is 2.37. The number of nitrogens with zero attached hydrogens (tertiary/aromatic N) is 1. The molecule has 0 bridgehead atoms. The van der Waals surface area contributed by atoms with Crippen LogP contribution < -0.4 is 0 Å². The largest absolute Gasteiger partial charge is 0.253 e. The Labute approximate surface area is 142 Å². The van der Waals surface area contributed by atoms with E-state index in [-0.39, 0.29) is 10.3 Å². The molecule has 0 aliphatic carbocycles. The molecule has 0 atom stereocenters. The van der Waals surface area contributed by atoms with Crippen molar-refractivity contribution in [2.24, 2.45) is 0 Å². The molecule has 0 aliphatic rings. The van der Waals surface area contributed by atoms with Crippen LogP contribution in [0, 0.1) is 0 Å². The summed E-state index contributed by atoms with van der Waals surface area (Å²) in [6.45, 7) is 4.07. The smallest absolute Gasteiger partial charge is 0.206 e. The first-order valence-corrected chi connectivity index (χ1v) is 9.75. The van der Waals surface area contributed by atoms with Crippen molar-refractivity contribution in [1.29, 1.82) is 0 Å².